The van der Waals surface area contributed by atoms with Gasteiger partial charge in [-0.05, 0) is 61.2 Å². The summed E-state index contributed by atoms with van der Waals surface area (Å²) in [6.45, 7) is 4.83. The highest BCUT2D eigenvalue weighted by molar-refractivity contribution is 9.10. The number of rotatable bonds is 6. The molecular formula is C18H24BrNO5. The van der Waals surface area contributed by atoms with Crippen LogP contribution < -0.4 is 9.47 Å². The minimum atomic E-state index is -0.569. The molecule has 7 heteroatoms. The van der Waals surface area contributed by atoms with Gasteiger partial charge in [-0.1, -0.05) is 0 Å². The lowest BCUT2D eigenvalue weighted by Crippen LogP contribution is -2.44. The second kappa shape index (κ2) is 9.08. The number of methoxy groups -OCH3 is 1. The fraction of sp³-hybridized carbons (Fsp3) is 0.556. The van der Waals surface area contributed by atoms with Crippen molar-refractivity contribution in [3.05, 3.63) is 22.2 Å². The van der Waals surface area contributed by atoms with Crippen molar-refractivity contribution in [3.63, 3.8) is 0 Å². The van der Waals surface area contributed by atoms with Crippen molar-refractivity contribution in [3.8, 4) is 11.5 Å². The molecule has 1 aliphatic heterocycles. The Morgan fingerprint density at radius 2 is 2.08 bits per heavy atom. The van der Waals surface area contributed by atoms with Gasteiger partial charge in [-0.3, -0.25) is 4.79 Å². The van der Waals surface area contributed by atoms with E-state index in [1.54, 1.807) is 17.0 Å². The maximum Gasteiger partial charge on any atom is 0.338 e. The van der Waals surface area contributed by atoms with Crippen molar-refractivity contribution in [1.82, 2.24) is 4.90 Å². The van der Waals surface area contributed by atoms with Crippen molar-refractivity contribution in [2.24, 2.45) is 0 Å². The first-order chi connectivity index (χ1) is 12.0. The zero-order chi connectivity index (χ0) is 18.4. The van der Waals surface area contributed by atoms with E-state index >= 15 is 0 Å². The van der Waals surface area contributed by atoms with Crippen LogP contribution in [0.5, 0.6) is 11.5 Å². The zero-order valence-electron chi connectivity index (χ0n) is 14.8. The predicted octanol–water partition coefficient (Wildman–Crippen LogP) is 3.41. The van der Waals surface area contributed by atoms with Crippen molar-refractivity contribution < 1.29 is 23.8 Å². The summed E-state index contributed by atoms with van der Waals surface area (Å²) in [5.41, 5.74) is 0.298. The maximum atomic E-state index is 12.3. The highest BCUT2D eigenvalue weighted by atomic mass is 79.9. The fourth-order valence-electron chi connectivity index (χ4n) is 2.88. The first-order valence-electron chi connectivity index (χ1n) is 8.44. The number of benzene rings is 1. The summed E-state index contributed by atoms with van der Waals surface area (Å²) in [4.78, 5) is 26.3. The number of piperidine rings is 1. The molecule has 1 amide bonds. The van der Waals surface area contributed by atoms with Gasteiger partial charge in [0.2, 0.25) is 0 Å². The molecule has 0 saturated carbocycles. The SMILES string of the molecule is CCOc1c(Br)cc(C(=O)OCC(=O)N2CCCC[C@H]2C)cc1OC. The molecule has 1 heterocycles. The Bertz CT molecular complexity index is 634. The third kappa shape index (κ3) is 4.87. The van der Waals surface area contributed by atoms with Crippen LogP contribution in [0.1, 0.15) is 43.5 Å². The van der Waals surface area contributed by atoms with Crippen molar-refractivity contribution in [2.75, 3.05) is 26.9 Å². The molecule has 2 rings (SSSR count). The maximum absolute atomic E-state index is 12.3. The van der Waals surface area contributed by atoms with Crippen molar-refractivity contribution in [1.29, 1.82) is 0 Å². The highest BCUT2D eigenvalue weighted by Crippen LogP contribution is 2.36. The minimum absolute atomic E-state index is 0.155. The zero-order valence-corrected chi connectivity index (χ0v) is 16.4. The molecule has 0 aliphatic carbocycles. The first kappa shape index (κ1) is 19.6. The molecule has 0 N–H and O–H groups in total. The number of nitrogens with zero attached hydrogens (tertiary/aromatic N) is 1. The molecule has 1 aliphatic rings. The van der Waals surface area contributed by atoms with Crippen molar-refractivity contribution in [2.45, 2.75) is 39.2 Å². The Labute approximate surface area is 156 Å². The summed E-state index contributed by atoms with van der Waals surface area (Å²) >= 11 is 3.37. The van der Waals surface area contributed by atoms with Gasteiger partial charge in [0.1, 0.15) is 0 Å². The lowest BCUT2D eigenvalue weighted by molar-refractivity contribution is -0.137. The first-order valence-corrected chi connectivity index (χ1v) is 9.24. The van der Waals surface area contributed by atoms with E-state index in [0.717, 1.165) is 25.8 Å². The largest absolute Gasteiger partial charge is 0.493 e. The van der Waals surface area contributed by atoms with Gasteiger partial charge in [0.05, 0.1) is 23.8 Å². The van der Waals surface area contributed by atoms with Crippen molar-refractivity contribution >= 4 is 27.8 Å². The number of likely N-dealkylation sites (tertiary alicyclic amines) is 1. The molecule has 1 aromatic rings. The molecule has 0 spiro atoms. The van der Waals surface area contributed by atoms with Crippen LogP contribution in [0.3, 0.4) is 0 Å². The van der Waals surface area contributed by atoms with Crippen LogP contribution in [0.4, 0.5) is 0 Å². The molecule has 25 heavy (non-hydrogen) atoms. The van der Waals surface area contributed by atoms with Gasteiger partial charge in [-0.15, -0.1) is 0 Å². The predicted molar refractivity (Wildman–Crippen MR) is 97.2 cm³/mol. The van der Waals surface area contributed by atoms with E-state index in [0.29, 0.717) is 28.1 Å². The third-order valence-electron chi connectivity index (χ3n) is 4.20. The summed E-state index contributed by atoms with van der Waals surface area (Å²) in [7, 11) is 1.50. The van der Waals surface area contributed by atoms with Crippen LogP contribution >= 0.6 is 15.9 Å². The van der Waals surface area contributed by atoms with Crippen LogP contribution in [0.2, 0.25) is 0 Å². The van der Waals surface area contributed by atoms with Crippen LogP contribution in [0.15, 0.2) is 16.6 Å². The number of esters is 1. The third-order valence-corrected chi connectivity index (χ3v) is 4.79. The Hall–Kier alpha value is -1.76. The molecule has 0 aromatic heterocycles. The van der Waals surface area contributed by atoms with E-state index in [4.69, 9.17) is 14.2 Å². The number of hydrogen-bond donors (Lipinski definition) is 0. The summed E-state index contributed by atoms with van der Waals surface area (Å²) in [5, 5.41) is 0. The minimum Gasteiger partial charge on any atom is -0.493 e. The summed E-state index contributed by atoms with van der Waals surface area (Å²) < 4.78 is 16.6. The Balaban J connectivity index is 2.03. The van der Waals surface area contributed by atoms with Crippen LogP contribution in [0.25, 0.3) is 0 Å². The molecule has 0 bridgehead atoms. The van der Waals surface area contributed by atoms with Gasteiger partial charge in [0.25, 0.3) is 5.91 Å². The van der Waals surface area contributed by atoms with Gasteiger partial charge in [0.15, 0.2) is 18.1 Å². The quantitative estimate of drug-likeness (QED) is 0.668. The molecule has 0 radical (unpaired) electrons. The molecule has 1 aromatic carbocycles. The average molecular weight is 414 g/mol. The summed E-state index contributed by atoms with van der Waals surface area (Å²) in [6, 6.07) is 3.34. The smallest absolute Gasteiger partial charge is 0.338 e. The van der Waals surface area contributed by atoms with E-state index in [-0.39, 0.29) is 18.6 Å². The van der Waals surface area contributed by atoms with Gasteiger partial charge < -0.3 is 19.1 Å². The average Bonchev–Trinajstić information content (AvgIpc) is 2.61. The Kier molecular flexibility index (Phi) is 7.11. The second-order valence-electron chi connectivity index (χ2n) is 5.93. The standard InChI is InChI=1S/C18H24BrNO5/c1-4-24-17-14(19)9-13(10-15(17)23-3)18(22)25-11-16(21)20-8-6-5-7-12(20)2/h9-10,12H,4-8,11H2,1-3H3/t12-/m1/s1. The lowest BCUT2D eigenvalue weighted by atomic mass is 10.0. The molecule has 138 valence electrons. The fourth-order valence-corrected chi connectivity index (χ4v) is 3.44. The van der Waals surface area contributed by atoms with E-state index in [1.807, 2.05) is 13.8 Å². The summed E-state index contributed by atoms with van der Waals surface area (Å²) in [5.74, 6) is 0.233. The van der Waals surface area contributed by atoms with Gasteiger partial charge in [-0.25, -0.2) is 4.79 Å². The molecule has 1 fully saturated rings. The molecule has 0 unspecified atom stereocenters. The number of amides is 1. The topological polar surface area (TPSA) is 65.1 Å². The number of hydrogen-bond acceptors (Lipinski definition) is 5. The lowest BCUT2D eigenvalue weighted by Gasteiger charge is -2.33. The molecule has 1 saturated heterocycles. The highest BCUT2D eigenvalue weighted by Gasteiger charge is 2.24. The second-order valence-corrected chi connectivity index (χ2v) is 6.78. The normalized spacial score (nSPS) is 17.1. The Morgan fingerprint density at radius 3 is 2.72 bits per heavy atom. The molecule has 6 nitrogen and oxygen atoms in total. The number of carbonyl (C=O) groups is 2. The van der Waals surface area contributed by atoms with Crippen LogP contribution in [-0.4, -0.2) is 49.7 Å². The Morgan fingerprint density at radius 1 is 1.32 bits per heavy atom. The molecule has 1 atom stereocenters. The van der Waals surface area contributed by atoms with Gasteiger partial charge in [0, 0.05) is 12.6 Å². The number of halogens is 1. The van der Waals surface area contributed by atoms with Crippen LogP contribution in [-0.2, 0) is 9.53 Å². The monoisotopic (exact) mass is 413 g/mol. The number of carbonyl (C=O) groups excluding carboxylic acids is 2. The van der Waals surface area contributed by atoms with E-state index in [9.17, 15) is 9.59 Å². The number of ether oxygens (including phenoxy) is 3. The van der Waals surface area contributed by atoms with E-state index < -0.39 is 5.97 Å². The van der Waals surface area contributed by atoms with E-state index in [2.05, 4.69) is 15.9 Å². The van der Waals surface area contributed by atoms with E-state index in [1.165, 1.54) is 7.11 Å². The van der Waals surface area contributed by atoms with Gasteiger partial charge in [-0.2, -0.15) is 0 Å². The van der Waals surface area contributed by atoms with Crippen LogP contribution in [0, 0.1) is 0 Å². The summed E-state index contributed by atoms with van der Waals surface area (Å²) in [6.07, 6.45) is 3.11. The molecular weight excluding hydrogens is 390 g/mol. The van der Waals surface area contributed by atoms with Gasteiger partial charge >= 0.3 is 5.97 Å².